The summed E-state index contributed by atoms with van der Waals surface area (Å²) >= 11 is 0. The van der Waals surface area contributed by atoms with Gasteiger partial charge in [0.25, 0.3) is 17.3 Å². The number of rotatable bonds is 7. The number of hydrogen-bond donors (Lipinski definition) is 1. The van der Waals surface area contributed by atoms with E-state index >= 15 is 0 Å². The zero-order valence-corrected chi connectivity index (χ0v) is 12.7. The molecule has 0 aliphatic rings. The zero-order valence-electron chi connectivity index (χ0n) is 12.7. The molecule has 1 N–H and O–H groups in total. The van der Waals surface area contributed by atoms with Crippen LogP contribution in [0.25, 0.3) is 0 Å². The van der Waals surface area contributed by atoms with Crippen LogP contribution in [0.15, 0.2) is 53.6 Å². The molecule has 0 radical (unpaired) electrons. The molecule has 0 aliphatic heterocycles. The highest BCUT2D eigenvalue weighted by molar-refractivity contribution is 5.86. The molecule has 0 saturated heterocycles. The number of carbonyl (C=O) groups is 1. The second-order valence-electron chi connectivity index (χ2n) is 4.65. The van der Waals surface area contributed by atoms with Gasteiger partial charge in [-0.3, -0.25) is 25.0 Å². The van der Waals surface area contributed by atoms with E-state index in [0.29, 0.717) is 0 Å². The number of non-ortho nitro benzene ring substituents is 1. The van der Waals surface area contributed by atoms with Crippen molar-refractivity contribution in [2.24, 2.45) is 5.10 Å². The van der Waals surface area contributed by atoms with Crippen LogP contribution in [-0.2, 0) is 4.79 Å². The number of hydrazone groups is 1. The monoisotopic (exact) mass is 344 g/mol. The Morgan fingerprint density at radius 2 is 1.76 bits per heavy atom. The number of hydrogen-bond acceptors (Lipinski definition) is 7. The van der Waals surface area contributed by atoms with Gasteiger partial charge < -0.3 is 4.74 Å². The fourth-order valence-corrected chi connectivity index (χ4v) is 1.78. The van der Waals surface area contributed by atoms with E-state index in [1.807, 2.05) is 0 Å². The number of benzene rings is 2. The van der Waals surface area contributed by atoms with E-state index in [0.717, 1.165) is 6.21 Å². The molecule has 1 amide bonds. The maximum absolute atomic E-state index is 11.6. The number of carbonyl (C=O) groups excluding carboxylic acids is 1. The van der Waals surface area contributed by atoms with E-state index in [1.54, 1.807) is 6.07 Å². The third kappa shape index (κ3) is 5.10. The Balaban J connectivity index is 1.86. The maximum atomic E-state index is 11.6. The number of para-hydroxylation sites is 1. The van der Waals surface area contributed by atoms with Crippen molar-refractivity contribution >= 4 is 23.5 Å². The summed E-state index contributed by atoms with van der Waals surface area (Å²) in [7, 11) is 0. The van der Waals surface area contributed by atoms with E-state index in [4.69, 9.17) is 4.74 Å². The first kappa shape index (κ1) is 17.5. The molecule has 0 atom stereocenters. The third-order valence-corrected chi connectivity index (χ3v) is 2.94. The van der Waals surface area contributed by atoms with Gasteiger partial charge in [0.15, 0.2) is 6.61 Å². The van der Waals surface area contributed by atoms with Crippen molar-refractivity contribution in [3.05, 3.63) is 74.3 Å². The van der Waals surface area contributed by atoms with Gasteiger partial charge in [0.1, 0.15) is 5.75 Å². The van der Waals surface area contributed by atoms with E-state index < -0.39 is 15.8 Å². The zero-order chi connectivity index (χ0) is 18.2. The number of nitro groups is 2. The molecule has 0 fully saturated rings. The first-order valence-electron chi connectivity index (χ1n) is 6.90. The summed E-state index contributed by atoms with van der Waals surface area (Å²) in [5.41, 5.74) is 2.18. The van der Waals surface area contributed by atoms with Crippen LogP contribution in [0.2, 0.25) is 0 Å². The molecule has 0 aromatic heterocycles. The molecule has 2 aromatic rings. The number of nitro benzene ring substituents is 2. The van der Waals surface area contributed by atoms with Gasteiger partial charge in [-0.25, -0.2) is 5.43 Å². The fraction of sp³-hybridized carbons (Fsp3) is 0.0667. The van der Waals surface area contributed by atoms with Gasteiger partial charge in [-0.2, -0.15) is 5.10 Å². The summed E-state index contributed by atoms with van der Waals surface area (Å²) in [6.07, 6.45) is 1.15. The maximum Gasteiger partial charge on any atom is 0.278 e. The Morgan fingerprint density at radius 3 is 2.40 bits per heavy atom. The molecule has 0 aliphatic carbocycles. The average molecular weight is 344 g/mol. The normalized spacial score (nSPS) is 10.4. The molecule has 0 saturated carbocycles. The molecule has 128 valence electrons. The molecule has 10 nitrogen and oxygen atoms in total. The van der Waals surface area contributed by atoms with Crippen molar-refractivity contribution in [2.45, 2.75) is 0 Å². The van der Waals surface area contributed by atoms with Gasteiger partial charge in [-0.1, -0.05) is 12.1 Å². The Morgan fingerprint density at radius 1 is 1.08 bits per heavy atom. The number of amides is 1. The Hall–Kier alpha value is -3.82. The summed E-state index contributed by atoms with van der Waals surface area (Å²) in [4.78, 5) is 31.9. The van der Waals surface area contributed by atoms with Crippen molar-refractivity contribution in [2.75, 3.05) is 6.61 Å². The Labute approximate surface area is 141 Å². The van der Waals surface area contributed by atoms with E-state index in [2.05, 4.69) is 10.5 Å². The van der Waals surface area contributed by atoms with Crippen LogP contribution < -0.4 is 10.2 Å². The summed E-state index contributed by atoms with van der Waals surface area (Å²) in [6, 6.07) is 11.2. The molecule has 25 heavy (non-hydrogen) atoms. The van der Waals surface area contributed by atoms with Crippen molar-refractivity contribution in [1.82, 2.24) is 5.43 Å². The lowest BCUT2D eigenvalue weighted by Crippen LogP contribution is -2.24. The van der Waals surface area contributed by atoms with Crippen LogP contribution >= 0.6 is 0 Å². The Kier molecular flexibility index (Phi) is 5.72. The third-order valence-electron chi connectivity index (χ3n) is 2.94. The number of nitrogens with one attached hydrogen (secondary N) is 1. The minimum absolute atomic E-state index is 0.0918. The first-order chi connectivity index (χ1) is 12.0. The summed E-state index contributed by atoms with van der Waals surface area (Å²) in [5, 5.41) is 25.0. The van der Waals surface area contributed by atoms with Gasteiger partial charge in [0, 0.05) is 18.2 Å². The first-order valence-corrected chi connectivity index (χ1v) is 6.90. The van der Waals surface area contributed by atoms with Gasteiger partial charge in [-0.15, -0.1) is 0 Å². The highest BCUT2D eigenvalue weighted by Crippen LogP contribution is 2.17. The quantitative estimate of drug-likeness (QED) is 0.463. The topological polar surface area (TPSA) is 137 Å². The van der Waals surface area contributed by atoms with Crippen molar-refractivity contribution in [3.8, 4) is 5.75 Å². The van der Waals surface area contributed by atoms with E-state index in [-0.39, 0.29) is 29.3 Å². The largest absolute Gasteiger partial charge is 0.484 e. The lowest BCUT2D eigenvalue weighted by molar-refractivity contribution is -0.385. The molecular formula is C15H12N4O6. The summed E-state index contributed by atoms with van der Waals surface area (Å²) in [5.74, 6) is -0.309. The predicted octanol–water partition coefficient (Wildman–Crippen LogP) is 2.03. The van der Waals surface area contributed by atoms with Crippen LogP contribution in [0.4, 0.5) is 11.4 Å². The molecule has 2 rings (SSSR count). The second kappa shape index (κ2) is 8.15. The summed E-state index contributed by atoms with van der Waals surface area (Å²) < 4.78 is 5.15. The molecule has 0 unspecified atom stereocenters. The second-order valence-corrected chi connectivity index (χ2v) is 4.65. The van der Waals surface area contributed by atoms with Crippen molar-refractivity contribution < 1.29 is 19.4 Å². The van der Waals surface area contributed by atoms with Gasteiger partial charge in [-0.05, 0) is 18.2 Å². The smallest absolute Gasteiger partial charge is 0.278 e. The lowest BCUT2D eigenvalue weighted by atomic mass is 10.2. The molecule has 10 heteroatoms. The average Bonchev–Trinajstić information content (AvgIpc) is 2.60. The highest BCUT2D eigenvalue weighted by Gasteiger charge is 2.10. The lowest BCUT2D eigenvalue weighted by Gasteiger charge is -2.04. The van der Waals surface area contributed by atoms with Crippen LogP contribution in [-0.4, -0.2) is 28.6 Å². The van der Waals surface area contributed by atoms with E-state index in [1.165, 1.54) is 42.5 Å². The Bertz CT molecular complexity index is 819. The molecule has 2 aromatic carbocycles. The van der Waals surface area contributed by atoms with Crippen molar-refractivity contribution in [1.29, 1.82) is 0 Å². The predicted molar refractivity (Wildman–Crippen MR) is 87.4 cm³/mol. The fourth-order valence-electron chi connectivity index (χ4n) is 1.78. The standard InChI is InChI=1S/C15H12N4O6/c20-15(10-25-13-7-5-12(6-8-13)18(21)22)17-16-9-11-3-1-2-4-14(11)19(23)24/h1-9H,10H2,(H,17,20)/b16-9+. The highest BCUT2D eigenvalue weighted by atomic mass is 16.6. The number of nitrogens with zero attached hydrogens (tertiary/aromatic N) is 3. The van der Waals surface area contributed by atoms with Gasteiger partial charge >= 0.3 is 0 Å². The molecule has 0 heterocycles. The minimum Gasteiger partial charge on any atom is -0.484 e. The molecule has 0 bridgehead atoms. The molecular weight excluding hydrogens is 332 g/mol. The van der Waals surface area contributed by atoms with Crippen molar-refractivity contribution in [3.63, 3.8) is 0 Å². The van der Waals surface area contributed by atoms with Crippen LogP contribution in [0.3, 0.4) is 0 Å². The summed E-state index contributed by atoms with van der Waals surface area (Å²) in [6.45, 7) is -0.369. The van der Waals surface area contributed by atoms with Gasteiger partial charge in [0.05, 0.1) is 21.6 Å². The van der Waals surface area contributed by atoms with E-state index in [9.17, 15) is 25.0 Å². The minimum atomic E-state index is -0.590. The van der Waals surface area contributed by atoms with Crippen LogP contribution in [0, 0.1) is 20.2 Å². The SMILES string of the molecule is O=C(COc1ccc([N+](=O)[O-])cc1)N/N=C/c1ccccc1[N+](=O)[O-]. The van der Waals surface area contributed by atoms with Crippen LogP contribution in [0.1, 0.15) is 5.56 Å². The van der Waals surface area contributed by atoms with Crippen LogP contribution in [0.5, 0.6) is 5.75 Å². The number of ether oxygens (including phenoxy) is 1. The van der Waals surface area contributed by atoms with Gasteiger partial charge in [0.2, 0.25) is 0 Å². The molecule has 0 spiro atoms.